The molecule has 0 fully saturated rings. The monoisotopic (exact) mass is 424 g/mol. The Labute approximate surface area is 174 Å². The molecule has 3 rings (SSSR count). The third-order valence-corrected chi connectivity index (χ3v) is 5.52. The lowest BCUT2D eigenvalue weighted by atomic mass is 10.0. The van der Waals surface area contributed by atoms with Crippen LogP contribution in [-0.2, 0) is 16.3 Å². The molecule has 0 bridgehead atoms. The van der Waals surface area contributed by atoms with Crippen LogP contribution in [0.4, 0.5) is 0 Å². The molecule has 0 aliphatic carbocycles. The first-order valence-electron chi connectivity index (χ1n) is 9.00. The van der Waals surface area contributed by atoms with Gasteiger partial charge in [0, 0.05) is 11.8 Å². The van der Waals surface area contributed by atoms with Crippen LogP contribution in [0.5, 0.6) is 5.75 Å². The molecular formula is C22H20N2O5S. The van der Waals surface area contributed by atoms with Gasteiger partial charge in [-0.1, -0.05) is 36.4 Å². The van der Waals surface area contributed by atoms with Crippen LogP contribution in [0.2, 0.25) is 0 Å². The van der Waals surface area contributed by atoms with Gasteiger partial charge in [-0.25, -0.2) is 8.42 Å². The Bertz CT molecular complexity index is 1170. The maximum absolute atomic E-state index is 12.4. The summed E-state index contributed by atoms with van der Waals surface area (Å²) < 4.78 is 23.0. The van der Waals surface area contributed by atoms with E-state index in [0.717, 1.165) is 17.4 Å². The van der Waals surface area contributed by atoms with Gasteiger partial charge in [0.25, 0.3) is 11.8 Å². The molecule has 0 aromatic heterocycles. The summed E-state index contributed by atoms with van der Waals surface area (Å²) in [4.78, 5) is 24.7. The number of sulfone groups is 1. The van der Waals surface area contributed by atoms with E-state index in [-0.39, 0.29) is 21.8 Å². The highest BCUT2D eigenvalue weighted by atomic mass is 32.2. The van der Waals surface area contributed by atoms with Crippen molar-refractivity contribution in [3.63, 3.8) is 0 Å². The maximum atomic E-state index is 12.4. The van der Waals surface area contributed by atoms with Gasteiger partial charge in [0.2, 0.25) is 0 Å². The van der Waals surface area contributed by atoms with Gasteiger partial charge in [0.1, 0.15) is 5.75 Å². The molecule has 0 aliphatic heterocycles. The summed E-state index contributed by atoms with van der Waals surface area (Å²) in [6.45, 7) is 0. The van der Waals surface area contributed by atoms with Crippen molar-refractivity contribution in [2.45, 2.75) is 11.3 Å². The van der Waals surface area contributed by atoms with Crippen LogP contribution < -0.4 is 10.9 Å². The highest BCUT2D eigenvalue weighted by molar-refractivity contribution is 7.90. The number of phenolic OH excluding ortho intramolecular Hbond substituents is 1. The van der Waals surface area contributed by atoms with Crippen molar-refractivity contribution in [1.82, 2.24) is 10.9 Å². The topological polar surface area (TPSA) is 113 Å². The van der Waals surface area contributed by atoms with E-state index in [2.05, 4.69) is 10.9 Å². The van der Waals surface area contributed by atoms with Crippen LogP contribution in [0.25, 0.3) is 0 Å². The average Bonchev–Trinajstić information content (AvgIpc) is 2.73. The number of hydrazine groups is 1. The first kappa shape index (κ1) is 21.1. The average molecular weight is 424 g/mol. The zero-order valence-corrected chi connectivity index (χ0v) is 16.9. The van der Waals surface area contributed by atoms with Crippen LogP contribution in [0, 0.1) is 0 Å². The highest BCUT2D eigenvalue weighted by Crippen LogP contribution is 2.20. The SMILES string of the molecule is CS(=O)(=O)c1ccc(C(=O)NNC(=O)c2cc(Cc3ccccc3)ccc2O)cc1. The molecule has 0 radical (unpaired) electrons. The first-order valence-corrected chi connectivity index (χ1v) is 10.9. The van der Waals surface area contributed by atoms with Gasteiger partial charge in [-0.3, -0.25) is 20.4 Å². The van der Waals surface area contributed by atoms with E-state index in [4.69, 9.17) is 0 Å². The number of benzene rings is 3. The molecular weight excluding hydrogens is 404 g/mol. The summed E-state index contributed by atoms with van der Waals surface area (Å²) in [6, 6.07) is 19.7. The fourth-order valence-corrected chi connectivity index (χ4v) is 3.44. The van der Waals surface area contributed by atoms with Gasteiger partial charge < -0.3 is 5.11 Å². The number of amides is 2. The summed E-state index contributed by atoms with van der Waals surface area (Å²) in [5.74, 6) is -1.51. The summed E-state index contributed by atoms with van der Waals surface area (Å²) in [5.41, 5.74) is 6.59. The molecule has 0 heterocycles. The van der Waals surface area contributed by atoms with Crippen molar-refractivity contribution in [2.24, 2.45) is 0 Å². The van der Waals surface area contributed by atoms with E-state index in [1.165, 1.54) is 30.3 Å². The van der Waals surface area contributed by atoms with Gasteiger partial charge in [0.05, 0.1) is 10.5 Å². The number of hydrogen-bond acceptors (Lipinski definition) is 5. The van der Waals surface area contributed by atoms with E-state index >= 15 is 0 Å². The lowest BCUT2D eigenvalue weighted by Crippen LogP contribution is -2.41. The number of nitrogens with one attached hydrogen (secondary N) is 2. The second kappa shape index (κ2) is 8.79. The molecule has 8 heteroatoms. The lowest BCUT2D eigenvalue weighted by molar-refractivity contribution is 0.0845. The van der Waals surface area contributed by atoms with Crippen LogP contribution in [0.1, 0.15) is 31.8 Å². The quantitative estimate of drug-likeness (QED) is 0.545. The van der Waals surface area contributed by atoms with Gasteiger partial charge in [-0.15, -0.1) is 0 Å². The van der Waals surface area contributed by atoms with E-state index in [0.29, 0.717) is 6.42 Å². The predicted molar refractivity (Wildman–Crippen MR) is 112 cm³/mol. The molecule has 0 atom stereocenters. The number of hydrogen-bond donors (Lipinski definition) is 3. The molecule has 3 aromatic rings. The zero-order valence-electron chi connectivity index (χ0n) is 16.1. The lowest BCUT2D eigenvalue weighted by Gasteiger charge is -2.10. The maximum Gasteiger partial charge on any atom is 0.273 e. The molecule has 0 saturated heterocycles. The van der Waals surface area contributed by atoms with Gasteiger partial charge >= 0.3 is 0 Å². The van der Waals surface area contributed by atoms with Crippen LogP contribution >= 0.6 is 0 Å². The minimum atomic E-state index is -3.37. The first-order chi connectivity index (χ1) is 14.2. The number of aromatic hydroxyl groups is 1. The minimum Gasteiger partial charge on any atom is -0.507 e. The second-order valence-electron chi connectivity index (χ2n) is 6.72. The number of carbonyl (C=O) groups excluding carboxylic acids is 2. The van der Waals surface area contributed by atoms with Gasteiger partial charge in [-0.05, 0) is 53.9 Å². The Kier molecular flexibility index (Phi) is 6.17. The molecule has 7 nitrogen and oxygen atoms in total. The van der Waals surface area contributed by atoms with Crippen LogP contribution in [0.3, 0.4) is 0 Å². The molecule has 3 aromatic carbocycles. The summed E-state index contributed by atoms with van der Waals surface area (Å²) >= 11 is 0. The number of carbonyl (C=O) groups is 2. The normalized spacial score (nSPS) is 11.0. The van der Waals surface area contributed by atoms with Crippen molar-refractivity contribution in [3.05, 3.63) is 95.1 Å². The Morgan fingerprint density at radius 1 is 0.833 bits per heavy atom. The summed E-state index contributed by atoms with van der Waals surface area (Å²) in [5, 5.41) is 10.0. The second-order valence-corrected chi connectivity index (χ2v) is 8.73. The van der Waals surface area contributed by atoms with Gasteiger partial charge in [-0.2, -0.15) is 0 Å². The third-order valence-electron chi connectivity index (χ3n) is 4.39. The Hall–Kier alpha value is -3.65. The van der Waals surface area contributed by atoms with E-state index in [1.807, 2.05) is 30.3 Å². The van der Waals surface area contributed by atoms with Crippen molar-refractivity contribution < 1.29 is 23.1 Å². The Morgan fingerprint density at radius 2 is 1.47 bits per heavy atom. The molecule has 0 spiro atoms. The number of phenols is 1. The Morgan fingerprint density at radius 3 is 2.10 bits per heavy atom. The fourth-order valence-electron chi connectivity index (χ4n) is 2.81. The standard InChI is InChI=1S/C22H20N2O5S/c1-30(28,29)18-10-8-17(9-11-18)21(26)23-24-22(27)19-14-16(7-12-20(19)25)13-15-5-3-2-4-6-15/h2-12,14,25H,13H2,1H3,(H,23,26)(H,24,27). The molecule has 30 heavy (non-hydrogen) atoms. The Balaban J connectivity index is 1.67. The zero-order chi connectivity index (χ0) is 21.7. The van der Waals surface area contributed by atoms with E-state index in [1.54, 1.807) is 12.1 Å². The summed E-state index contributed by atoms with van der Waals surface area (Å²) in [6.07, 6.45) is 1.65. The fraction of sp³-hybridized carbons (Fsp3) is 0.0909. The highest BCUT2D eigenvalue weighted by Gasteiger charge is 2.15. The molecule has 154 valence electrons. The van der Waals surface area contributed by atoms with Crippen molar-refractivity contribution in [3.8, 4) is 5.75 Å². The molecule has 3 N–H and O–H groups in total. The largest absolute Gasteiger partial charge is 0.507 e. The smallest absolute Gasteiger partial charge is 0.273 e. The van der Waals surface area contributed by atoms with E-state index in [9.17, 15) is 23.1 Å². The third kappa shape index (κ3) is 5.24. The summed E-state index contributed by atoms with van der Waals surface area (Å²) in [7, 11) is -3.37. The van der Waals surface area contributed by atoms with Crippen LogP contribution in [0.15, 0.2) is 77.7 Å². The predicted octanol–water partition coefficient (Wildman–Crippen LogP) is 2.46. The van der Waals surface area contributed by atoms with E-state index < -0.39 is 21.7 Å². The van der Waals surface area contributed by atoms with Gasteiger partial charge in [0.15, 0.2) is 9.84 Å². The molecule has 0 saturated carbocycles. The van der Waals surface area contributed by atoms with Crippen molar-refractivity contribution in [2.75, 3.05) is 6.26 Å². The van der Waals surface area contributed by atoms with Crippen molar-refractivity contribution >= 4 is 21.7 Å². The molecule has 0 aliphatic rings. The van der Waals surface area contributed by atoms with Crippen molar-refractivity contribution in [1.29, 1.82) is 0 Å². The number of rotatable bonds is 5. The molecule has 0 unspecified atom stereocenters. The molecule has 2 amide bonds. The minimum absolute atomic E-state index is 0.0242. The van der Waals surface area contributed by atoms with Crippen LogP contribution in [-0.4, -0.2) is 31.6 Å².